The average molecular weight is 261 g/mol. The zero-order chi connectivity index (χ0) is 14.0. The molecule has 2 rings (SSSR count). The van der Waals surface area contributed by atoms with Crippen molar-refractivity contribution in [1.29, 1.82) is 0 Å². The highest BCUT2D eigenvalue weighted by atomic mass is 16.4. The predicted octanol–water partition coefficient (Wildman–Crippen LogP) is 2.79. The Bertz CT molecular complexity index is 487. The van der Waals surface area contributed by atoms with Crippen molar-refractivity contribution in [2.45, 2.75) is 38.5 Å². The molecule has 1 saturated carbocycles. The normalized spacial score (nSPS) is 16.8. The predicted molar refractivity (Wildman–Crippen MR) is 73.1 cm³/mol. The summed E-state index contributed by atoms with van der Waals surface area (Å²) in [5, 5.41) is 12.2. The van der Waals surface area contributed by atoms with Crippen molar-refractivity contribution in [1.82, 2.24) is 0 Å². The van der Waals surface area contributed by atoms with E-state index in [2.05, 4.69) is 5.32 Å². The topological polar surface area (TPSA) is 66.4 Å². The molecule has 2 N–H and O–H groups in total. The summed E-state index contributed by atoms with van der Waals surface area (Å²) in [5.41, 5.74) is 0.830. The lowest BCUT2D eigenvalue weighted by Crippen LogP contribution is -2.42. The molecule has 0 bridgehead atoms. The van der Waals surface area contributed by atoms with E-state index < -0.39 is 11.4 Å². The van der Waals surface area contributed by atoms with Crippen LogP contribution in [0.3, 0.4) is 0 Å². The van der Waals surface area contributed by atoms with Gasteiger partial charge in [-0.05, 0) is 30.5 Å². The minimum absolute atomic E-state index is 0.0376. The highest BCUT2D eigenvalue weighted by Crippen LogP contribution is 2.44. The number of carbonyl (C=O) groups excluding carboxylic acids is 1. The second-order valence-electron chi connectivity index (χ2n) is 5.46. The summed E-state index contributed by atoms with van der Waals surface area (Å²) in [6.45, 7) is 3.66. The second-order valence-corrected chi connectivity index (χ2v) is 5.46. The van der Waals surface area contributed by atoms with Gasteiger partial charge in [-0.25, -0.2) is 0 Å². The van der Waals surface area contributed by atoms with Crippen molar-refractivity contribution < 1.29 is 14.7 Å². The first kappa shape index (κ1) is 13.6. The molecule has 1 amide bonds. The Balaban J connectivity index is 2.15. The number of anilines is 1. The lowest BCUT2D eigenvalue weighted by atomic mass is 9.64. The SMILES string of the molecule is CC(C)C(=O)Nc1ccc(C2(C(=O)O)CCC2)cc1. The zero-order valence-corrected chi connectivity index (χ0v) is 11.3. The number of hydrogen-bond donors (Lipinski definition) is 2. The van der Waals surface area contributed by atoms with Crippen molar-refractivity contribution >= 4 is 17.6 Å². The van der Waals surface area contributed by atoms with Crippen molar-refractivity contribution in [3.63, 3.8) is 0 Å². The first-order chi connectivity index (χ1) is 8.95. The van der Waals surface area contributed by atoms with Crippen molar-refractivity contribution in [3.8, 4) is 0 Å². The molecule has 19 heavy (non-hydrogen) atoms. The van der Waals surface area contributed by atoms with Gasteiger partial charge in [0, 0.05) is 11.6 Å². The van der Waals surface area contributed by atoms with Gasteiger partial charge in [-0.3, -0.25) is 9.59 Å². The van der Waals surface area contributed by atoms with E-state index in [-0.39, 0.29) is 11.8 Å². The Morgan fingerprint density at radius 1 is 1.21 bits per heavy atom. The van der Waals surface area contributed by atoms with Gasteiger partial charge in [-0.1, -0.05) is 32.4 Å². The molecule has 102 valence electrons. The molecular formula is C15H19NO3. The van der Waals surface area contributed by atoms with E-state index >= 15 is 0 Å². The van der Waals surface area contributed by atoms with Crippen LogP contribution in [-0.2, 0) is 15.0 Å². The Kier molecular flexibility index (Phi) is 3.60. The molecule has 0 radical (unpaired) electrons. The summed E-state index contributed by atoms with van der Waals surface area (Å²) < 4.78 is 0. The maximum absolute atomic E-state index is 11.6. The molecule has 1 aromatic carbocycles. The molecule has 1 fully saturated rings. The number of hydrogen-bond acceptors (Lipinski definition) is 2. The quantitative estimate of drug-likeness (QED) is 0.875. The van der Waals surface area contributed by atoms with Crippen LogP contribution in [0.1, 0.15) is 38.7 Å². The van der Waals surface area contributed by atoms with Crippen LogP contribution in [0.15, 0.2) is 24.3 Å². The van der Waals surface area contributed by atoms with Crippen LogP contribution in [0.2, 0.25) is 0 Å². The fraction of sp³-hybridized carbons (Fsp3) is 0.467. The fourth-order valence-electron chi connectivity index (χ4n) is 2.32. The first-order valence-corrected chi connectivity index (χ1v) is 6.60. The van der Waals surface area contributed by atoms with E-state index in [0.717, 1.165) is 12.0 Å². The Labute approximate surface area is 112 Å². The Morgan fingerprint density at radius 3 is 2.16 bits per heavy atom. The average Bonchev–Trinajstić information content (AvgIpc) is 2.29. The summed E-state index contributed by atoms with van der Waals surface area (Å²) in [4.78, 5) is 23.0. The van der Waals surface area contributed by atoms with Gasteiger partial charge in [-0.2, -0.15) is 0 Å². The molecule has 0 aliphatic heterocycles. The van der Waals surface area contributed by atoms with Crippen LogP contribution < -0.4 is 5.32 Å². The van der Waals surface area contributed by atoms with Crippen molar-refractivity contribution in [3.05, 3.63) is 29.8 Å². The number of rotatable bonds is 4. The van der Waals surface area contributed by atoms with Gasteiger partial charge in [-0.15, -0.1) is 0 Å². The number of nitrogens with one attached hydrogen (secondary N) is 1. The van der Waals surface area contributed by atoms with Crippen molar-refractivity contribution in [2.24, 2.45) is 5.92 Å². The van der Waals surface area contributed by atoms with Gasteiger partial charge in [0.2, 0.25) is 5.91 Å². The highest BCUT2D eigenvalue weighted by molar-refractivity contribution is 5.92. The van der Waals surface area contributed by atoms with Gasteiger partial charge in [0.25, 0.3) is 0 Å². The van der Waals surface area contributed by atoms with Crippen LogP contribution in [0.25, 0.3) is 0 Å². The highest BCUT2D eigenvalue weighted by Gasteiger charge is 2.45. The monoisotopic (exact) mass is 261 g/mol. The van der Waals surface area contributed by atoms with Gasteiger partial charge < -0.3 is 10.4 Å². The summed E-state index contributed by atoms with van der Waals surface area (Å²) >= 11 is 0. The number of amides is 1. The summed E-state index contributed by atoms with van der Waals surface area (Å²) in [5.74, 6) is -0.862. The molecule has 0 spiro atoms. The molecule has 4 heteroatoms. The molecular weight excluding hydrogens is 242 g/mol. The lowest BCUT2D eigenvalue weighted by Gasteiger charge is -2.38. The van der Waals surface area contributed by atoms with Crippen LogP contribution in [-0.4, -0.2) is 17.0 Å². The Hall–Kier alpha value is -1.84. The van der Waals surface area contributed by atoms with Gasteiger partial charge in [0.1, 0.15) is 0 Å². The molecule has 0 saturated heterocycles. The minimum atomic E-state index is -0.752. The molecule has 0 heterocycles. The van der Waals surface area contributed by atoms with E-state index in [0.29, 0.717) is 18.5 Å². The maximum atomic E-state index is 11.6. The summed E-state index contributed by atoms with van der Waals surface area (Å²) in [6, 6.07) is 7.17. The third-order valence-electron chi connectivity index (χ3n) is 3.85. The minimum Gasteiger partial charge on any atom is -0.481 e. The molecule has 1 aromatic rings. The number of benzene rings is 1. The van der Waals surface area contributed by atoms with E-state index in [1.165, 1.54) is 0 Å². The first-order valence-electron chi connectivity index (χ1n) is 6.60. The molecule has 0 atom stereocenters. The molecule has 1 aliphatic carbocycles. The molecule has 0 unspecified atom stereocenters. The zero-order valence-electron chi connectivity index (χ0n) is 11.3. The summed E-state index contributed by atoms with van der Waals surface area (Å²) in [6.07, 6.45) is 2.35. The smallest absolute Gasteiger partial charge is 0.314 e. The van der Waals surface area contributed by atoms with Crippen molar-refractivity contribution in [2.75, 3.05) is 5.32 Å². The van der Waals surface area contributed by atoms with Crippen LogP contribution in [0.5, 0.6) is 0 Å². The van der Waals surface area contributed by atoms with E-state index in [1.54, 1.807) is 12.1 Å². The van der Waals surface area contributed by atoms with Gasteiger partial charge in [0.05, 0.1) is 5.41 Å². The third kappa shape index (κ3) is 2.48. The summed E-state index contributed by atoms with van der Waals surface area (Å²) in [7, 11) is 0. The lowest BCUT2D eigenvalue weighted by molar-refractivity contribution is -0.147. The number of aliphatic carboxylic acids is 1. The number of carboxylic acids is 1. The number of carboxylic acid groups (broad SMARTS) is 1. The van der Waals surface area contributed by atoms with E-state index in [9.17, 15) is 14.7 Å². The molecule has 4 nitrogen and oxygen atoms in total. The third-order valence-corrected chi connectivity index (χ3v) is 3.85. The van der Waals surface area contributed by atoms with Crippen LogP contribution in [0, 0.1) is 5.92 Å². The molecule has 1 aliphatic rings. The van der Waals surface area contributed by atoms with Crippen LogP contribution >= 0.6 is 0 Å². The largest absolute Gasteiger partial charge is 0.481 e. The second kappa shape index (κ2) is 5.03. The molecule has 0 aromatic heterocycles. The standard InChI is InChI=1S/C15H19NO3/c1-10(2)13(17)16-12-6-4-11(5-7-12)15(14(18)19)8-3-9-15/h4-7,10H,3,8-9H2,1-2H3,(H,16,17)(H,18,19). The maximum Gasteiger partial charge on any atom is 0.314 e. The van der Waals surface area contributed by atoms with E-state index in [1.807, 2.05) is 26.0 Å². The van der Waals surface area contributed by atoms with Gasteiger partial charge >= 0.3 is 5.97 Å². The Morgan fingerprint density at radius 2 is 1.79 bits per heavy atom. The van der Waals surface area contributed by atoms with Gasteiger partial charge in [0.15, 0.2) is 0 Å². The van der Waals surface area contributed by atoms with E-state index in [4.69, 9.17) is 0 Å². The van der Waals surface area contributed by atoms with Crippen LogP contribution in [0.4, 0.5) is 5.69 Å². The number of carbonyl (C=O) groups is 2. The fourth-order valence-corrected chi connectivity index (χ4v) is 2.32.